The molecule has 0 bridgehead atoms. The summed E-state index contributed by atoms with van der Waals surface area (Å²) in [4.78, 5) is 38.5. The number of nitrogens with one attached hydrogen (secondary N) is 1. The Kier molecular flexibility index (Phi) is 14.1. The van der Waals surface area contributed by atoms with Crippen LogP contribution in [-0.4, -0.2) is 122 Å². The SMILES string of the molecule is CC1(C)C(=CC=CC(=CC=CC2=[N+](CCS(=O)(=O)O)c3ccc(S(=O)(=O)[O-])cc3C2(C)C)CCC(=O)NCCN2C(=O)C=CC2=O)N(CCS(=O)(=O)O)c2ccc(S(=O)(=O)O)cc21. The summed E-state index contributed by atoms with van der Waals surface area (Å²) in [5.74, 6) is -2.81. The van der Waals surface area contributed by atoms with Crippen molar-refractivity contribution in [1.29, 1.82) is 0 Å². The fourth-order valence-corrected chi connectivity index (χ4v) is 9.40. The fraction of sp³-hybridized carbons (Fsp3) is 0.350. The number of anilines is 1. The zero-order valence-corrected chi connectivity index (χ0v) is 37.7. The third kappa shape index (κ3) is 11.7. The van der Waals surface area contributed by atoms with Gasteiger partial charge in [-0.15, -0.1) is 0 Å². The Bertz CT molecular complexity index is 2870. The lowest BCUT2D eigenvalue weighted by Crippen LogP contribution is -2.38. The number of nitrogens with zero attached hydrogens (tertiary/aromatic N) is 3. The van der Waals surface area contributed by atoms with Crippen LogP contribution in [-0.2, 0) is 65.7 Å². The third-order valence-corrected chi connectivity index (χ3v) is 13.9. The second kappa shape index (κ2) is 18.2. The van der Waals surface area contributed by atoms with Crippen molar-refractivity contribution in [3.8, 4) is 0 Å². The number of hydrogen-bond donors (Lipinski definition) is 4. The molecule has 0 saturated carbocycles. The van der Waals surface area contributed by atoms with Gasteiger partial charge in [-0.3, -0.25) is 32.9 Å². The molecule has 2 aromatic rings. The molecule has 23 heteroatoms. The molecule has 0 aliphatic carbocycles. The summed E-state index contributed by atoms with van der Waals surface area (Å²) in [7, 11) is -18.4. The van der Waals surface area contributed by atoms with Gasteiger partial charge in [0.2, 0.25) is 11.6 Å². The van der Waals surface area contributed by atoms with E-state index in [1.54, 1.807) is 73.6 Å². The molecule has 0 spiro atoms. The Labute approximate surface area is 365 Å². The molecule has 19 nitrogen and oxygen atoms in total. The number of rotatable bonds is 18. The minimum Gasteiger partial charge on any atom is -0.744 e. The van der Waals surface area contributed by atoms with Crippen LogP contribution in [0.25, 0.3) is 0 Å². The molecule has 3 amide bonds. The van der Waals surface area contributed by atoms with E-state index in [0.29, 0.717) is 39.5 Å². The molecule has 340 valence electrons. The van der Waals surface area contributed by atoms with Gasteiger partial charge in [0.25, 0.3) is 42.2 Å². The molecule has 4 N–H and O–H groups in total. The van der Waals surface area contributed by atoms with Gasteiger partial charge in [0.05, 0.1) is 21.0 Å². The highest BCUT2D eigenvalue weighted by Crippen LogP contribution is 2.48. The molecule has 2 aromatic carbocycles. The van der Waals surface area contributed by atoms with Gasteiger partial charge in [-0.1, -0.05) is 38.2 Å². The Morgan fingerprint density at radius 3 is 2.00 bits per heavy atom. The molecule has 3 aliphatic heterocycles. The Balaban J connectivity index is 1.52. The molecular weight excluding hydrogens is 905 g/mol. The summed E-state index contributed by atoms with van der Waals surface area (Å²) in [5.41, 5.74) is 1.15. The van der Waals surface area contributed by atoms with E-state index in [4.69, 9.17) is 0 Å². The Hall–Kier alpha value is -5.14. The quantitative estimate of drug-likeness (QED) is 0.0723. The number of amides is 3. The van der Waals surface area contributed by atoms with Crippen molar-refractivity contribution in [3.05, 3.63) is 107 Å². The van der Waals surface area contributed by atoms with Crippen LogP contribution in [0.2, 0.25) is 0 Å². The molecule has 0 unspecified atom stereocenters. The molecule has 3 heterocycles. The topological polar surface area (TPSA) is 293 Å². The van der Waals surface area contributed by atoms with Crippen LogP contribution in [0.15, 0.2) is 106 Å². The Morgan fingerprint density at radius 2 is 1.40 bits per heavy atom. The lowest BCUT2D eigenvalue weighted by Gasteiger charge is -2.26. The molecule has 0 atom stereocenters. The van der Waals surface area contributed by atoms with Crippen LogP contribution >= 0.6 is 0 Å². The van der Waals surface area contributed by atoms with Crippen molar-refractivity contribution in [2.45, 2.75) is 61.2 Å². The van der Waals surface area contributed by atoms with Gasteiger partial charge >= 0.3 is 0 Å². The molecule has 3 aliphatic rings. The normalized spacial score (nSPS) is 18.4. The predicted molar refractivity (Wildman–Crippen MR) is 229 cm³/mol. The summed E-state index contributed by atoms with van der Waals surface area (Å²) in [6.07, 6.45) is 12.0. The van der Waals surface area contributed by atoms with E-state index in [9.17, 15) is 66.3 Å². The number of imide groups is 1. The van der Waals surface area contributed by atoms with Crippen LogP contribution in [0.3, 0.4) is 0 Å². The van der Waals surface area contributed by atoms with E-state index in [1.165, 1.54) is 24.3 Å². The molecule has 0 radical (unpaired) electrons. The lowest BCUT2D eigenvalue weighted by molar-refractivity contribution is -0.432. The smallest absolute Gasteiger partial charge is 0.294 e. The van der Waals surface area contributed by atoms with Crippen LogP contribution in [0.1, 0.15) is 51.7 Å². The maximum atomic E-state index is 13.0. The average Bonchev–Trinajstić information content (AvgIpc) is 3.68. The number of hydrogen-bond acceptors (Lipinski definition) is 13. The third-order valence-electron chi connectivity index (χ3n) is 10.8. The molecular formula is C40H46N4O15S4. The summed E-state index contributed by atoms with van der Waals surface area (Å²) < 4.78 is 138. The second-order valence-corrected chi connectivity index (χ2v) is 21.8. The van der Waals surface area contributed by atoms with E-state index < -0.39 is 85.4 Å². The summed E-state index contributed by atoms with van der Waals surface area (Å²) >= 11 is 0. The van der Waals surface area contributed by atoms with Crippen molar-refractivity contribution in [3.63, 3.8) is 0 Å². The first-order valence-electron chi connectivity index (χ1n) is 19.1. The van der Waals surface area contributed by atoms with Gasteiger partial charge in [-0.25, -0.2) is 8.42 Å². The fourth-order valence-electron chi connectivity index (χ4n) is 7.57. The summed E-state index contributed by atoms with van der Waals surface area (Å²) in [6.45, 7) is 6.41. The van der Waals surface area contributed by atoms with Crippen molar-refractivity contribution in [1.82, 2.24) is 10.2 Å². The van der Waals surface area contributed by atoms with Crippen molar-refractivity contribution >= 4 is 75.3 Å². The highest BCUT2D eigenvalue weighted by molar-refractivity contribution is 7.86. The zero-order valence-electron chi connectivity index (χ0n) is 34.5. The van der Waals surface area contributed by atoms with Crippen LogP contribution in [0, 0.1) is 0 Å². The highest BCUT2D eigenvalue weighted by Gasteiger charge is 2.45. The first kappa shape index (κ1) is 48.9. The van der Waals surface area contributed by atoms with E-state index in [0.717, 1.165) is 29.2 Å². The number of carbonyl (C=O) groups excluding carboxylic acids is 3. The first-order valence-corrected chi connectivity index (χ1v) is 25.2. The van der Waals surface area contributed by atoms with E-state index in [2.05, 4.69) is 5.32 Å². The van der Waals surface area contributed by atoms with Crippen molar-refractivity contribution in [2.75, 3.05) is 42.6 Å². The zero-order chi connectivity index (χ0) is 46.9. The van der Waals surface area contributed by atoms with Gasteiger partial charge in [-0.05, 0) is 67.8 Å². The largest absolute Gasteiger partial charge is 0.744 e. The maximum absolute atomic E-state index is 13.0. The monoisotopic (exact) mass is 950 g/mol. The molecule has 0 fully saturated rings. The first-order chi connectivity index (χ1) is 29.0. The molecule has 0 aromatic heterocycles. The molecule has 5 rings (SSSR count). The average molecular weight is 951 g/mol. The highest BCUT2D eigenvalue weighted by atomic mass is 32.2. The van der Waals surface area contributed by atoms with Gasteiger partial charge in [0, 0.05) is 72.7 Å². The number of fused-ring (bicyclic) bond motifs is 2. The van der Waals surface area contributed by atoms with Gasteiger partial charge in [0.15, 0.2) is 12.3 Å². The van der Waals surface area contributed by atoms with Crippen molar-refractivity contribution in [2.24, 2.45) is 0 Å². The van der Waals surface area contributed by atoms with Crippen LogP contribution in [0.5, 0.6) is 0 Å². The van der Waals surface area contributed by atoms with E-state index in [1.807, 2.05) is 0 Å². The van der Waals surface area contributed by atoms with Gasteiger partial charge in [0.1, 0.15) is 15.9 Å². The summed E-state index contributed by atoms with van der Waals surface area (Å²) in [6, 6.07) is 7.54. The molecule has 0 saturated heterocycles. The Morgan fingerprint density at radius 1 is 0.778 bits per heavy atom. The standard InChI is InChI=1S/C40H46N4O15S4/c1-39(2)30-25-28(62(54,55)56)12-14-32(30)42(21-23-60(48,49)50)34(39)9-5-7-27(11-16-36(45)41-19-20-44-37(46)17-18-38(44)47)8-6-10-35-40(3,4)31-26-29(63(57,58)59)13-15-33(31)43(35)22-24-61(51,52)53/h5-10,12-15,17-18,25-26H,11,16,19-24H2,1-4H3,(H4-,41,45,48,49,50,51,52,53,54,55,56,57,58,59). The van der Waals surface area contributed by atoms with Crippen LogP contribution in [0.4, 0.5) is 11.4 Å². The van der Waals surface area contributed by atoms with E-state index >= 15 is 0 Å². The maximum Gasteiger partial charge on any atom is 0.294 e. The van der Waals surface area contributed by atoms with Gasteiger partial charge in [-0.2, -0.15) is 29.8 Å². The van der Waals surface area contributed by atoms with Crippen molar-refractivity contribution < 1.29 is 70.8 Å². The van der Waals surface area contributed by atoms with Crippen LogP contribution < -0.4 is 10.2 Å². The van der Waals surface area contributed by atoms with E-state index in [-0.39, 0.29) is 43.9 Å². The number of carbonyl (C=O) groups is 3. The summed E-state index contributed by atoms with van der Waals surface area (Å²) in [5, 5.41) is 2.67. The lowest BCUT2D eigenvalue weighted by atomic mass is 9.81. The second-order valence-electron chi connectivity index (χ2n) is 15.8. The predicted octanol–water partition coefficient (Wildman–Crippen LogP) is 2.53. The molecule has 63 heavy (non-hydrogen) atoms. The van der Waals surface area contributed by atoms with Gasteiger partial charge < -0.3 is 14.8 Å². The number of benzene rings is 2. The number of allylic oxidation sites excluding steroid dienone is 8. The minimum atomic E-state index is -4.86. The minimum absolute atomic E-state index is 0.0179.